The van der Waals surface area contributed by atoms with Gasteiger partial charge in [0, 0.05) is 25.9 Å². The van der Waals surface area contributed by atoms with Crippen molar-refractivity contribution in [3.8, 4) is 0 Å². The van der Waals surface area contributed by atoms with Crippen molar-refractivity contribution in [1.82, 2.24) is 15.1 Å². The maximum atomic E-state index is 11.9. The molecule has 0 unspecified atom stereocenters. The Bertz CT molecular complexity index is 413. The number of carbonyl (C=O) groups is 1. The Morgan fingerprint density at radius 3 is 2.67 bits per heavy atom. The van der Waals surface area contributed by atoms with E-state index in [4.69, 9.17) is 0 Å². The number of aromatic nitrogens is 2. The molecule has 102 valence electrons. The average Bonchev–Trinajstić information content (AvgIpc) is 2.51. The van der Waals surface area contributed by atoms with Gasteiger partial charge in [-0.05, 0) is 35.8 Å². The van der Waals surface area contributed by atoms with E-state index in [1.54, 1.807) is 4.68 Å². The summed E-state index contributed by atoms with van der Waals surface area (Å²) in [6.45, 7) is 7.05. The molecule has 0 aliphatic heterocycles. The fraction of sp³-hybridized carbons (Fsp3) is 0.692. The number of halogens is 1. The van der Waals surface area contributed by atoms with E-state index in [-0.39, 0.29) is 5.78 Å². The first-order chi connectivity index (χ1) is 8.41. The van der Waals surface area contributed by atoms with Crippen molar-refractivity contribution in [1.29, 1.82) is 0 Å². The first-order valence-electron chi connectivity index (χ1n) is 6.35. The molecular formula is C13H22BrN3O. The van der Waals surface area contributed by atoms with Crippen molar-refractivity contribution in [3.05, 3.63) is 15.9 Å². The SMILES string of the molecule is Cc1nn(C)c(CC(=O)CCCNC(C)C)c1Br. The molecule has 18 heavy (non-hydrogen) atoms. The smallest absolute Gasteiger partial charge is 0.138 e. The lowest BCUT2D eigenvalue weighted by Crippen LogP contribution is -2.24. The molecule has 0 saturated carbocycles. The summed E-state index contributed by atoms with van der Waals surface area (Å²) in [5.41, 5.74) is 1.90. The predicted molar refractivity (Wildman–Crippen MR) is 76.7 cm³/mol. The van der Waals surface area contributed by atoms with E-state index in [2.05, 4.69) is 40.2 Å². The Kier molecular flexibility index (Phi) is 6.02. The summed E-state index contributed by atoms with van der Waals surface area (Å²) < 4.78 is 2.74. The fourth-order valence-electron chi connectivity index (χ4n) is 1.82. The van der Waals surface area contributed by atoms with Crippen molar-refractivity contribution < 1.29 is 4.79 Å². The topological polar surface area (TPSA) is 46.9 Å². The van der Waals surface area contributed by atoms with Crippen molar-refractivity contribution in [2.75, 3.05) is 6.54 Å². The molecule has 4 nitrogen and oxygen atoms in total. The molecule has 0 radical (unpaired) electrons. The van der Waals surface area contributed by atoms with Crippen molar-refractivity contribution in [3.63, 3.8) is 0 Å². The van der Waals surface area contributed by atoms with Crippen LogP contribution in [0.3, 0.4) is 0 Å². The summed E-state index contributed by atoms with van der Waals surface area (Å²) in [6.07, 6.45) is 1.97. The number of hydrogen-bond acceptors (Lipinski definition) is 3. The molecule has 5 heteroatoms. The van der Waals surface area contributed by atoms with Crippen LogP contribution in [0.1, 0.15) is 38.1 Å². The number of rotatable bonds is 7. The maximum Gasteiger partial charge on any atom is 0.138 e. The van der Waals surface area contributed by atoms with E-state index in [1.807, 2.05) is 14.0 Å². The molecule has 0 spiro atoms. The number of hydrogen-bond donors (Lipinski definition) is 1. The Morgan fingerprint density at radius 2 is 2.17 bits per heavy atom. The standard InChI is InChI=1S/C13H22BrN3O/c1-9(2)15-7-5-6-11(18)8-12-13(14)10(3)16-17(12)4/h9,15H,5-8H2,1-4H3. The number of carbonyl (C=O) groups excluding carboxylic acids is 1. The van der Waals surface area contributed by atoms with Crippen LogP contribution in [0.25, 0.3) is 0 Å². The van der Waals surface area contributed by atoms with Crippen molar-refractivity contribution in [2.24, 2.45) is 7.05 Å². The highest BCUT2D eigenvalue weighted by Crippen LogP contribution is 2.21. The lowest BCUT2D eigenvalue weighted by atomic mass is 10.1. The summed E-state index contributed by atoms with van der Waals surface area (Å²) in [7, 11) is 1.88. The molecule has 0 amide bonds. The summed E-state index contributed by atoms with van der Waals surface area (Å²) in [5, 5.41) is 7.60. The average molecular weight is 316 g/mol. The third-order valence-corrected chi connectivity index (χ3v) is 3.84. The van der Waals surface area contributed by atoms with Gasteiger partial charge in [0.2, 0.25) is 0 Å². The summed E-state index contributed by atoms with van der Waals surface area (Å²) in [5.74, 6) is 0.268. The van der Waals surface area contributed by atoms with E-state index >= 15 is 0 Å². The van der Waals surface area contributed by atoms with Crippen molar-refractivity contribution in [2.45, 2.75) is 46.1 Å². The monoisotopic (exact) mass is 315 g/mol. The van der Waals surface area contributed by atoms with E-state index < -0.39 is 0 Å². The molecular weight excluding hydrogens is 294 g/mol. The number of Topliss-reactive ketones (excluding diaryl/α,β-unsaturated/α-hetero) is 1. The molecule has 0 aromatic carbocycles. The molecule has 0 atom stereocenters. The second-order valence-electron chi connectivity index (χ2n) is 4.90. The van der Waals surface area contributed by atoms with Gasteiger partial charge in [-0.2, -0.15) is 5.10 Å². The predicted octanol–water partition coefficient (Wildman–Crippen LogP) is 2.38. The fourth-order valence-corrected chi connectivity index (χ4v) is 2.30. The van der Waals surface area contributed by atoms with Gasteiger partial charge < -0.3 is 5.32 Å². The zero-order valence-corrected chi connectivity index (χ0v) is 13.2. The van der Waals surface area contributed by atoms with Gasteiger partial charge in [-0.15, -0.1) is 0 Å². The third-order valence-electron chi connectivity index (χ3n) is 2.81. The maximum absolute atomic E-state index is 11.9. The second kappa shape index (κ2) is 7.04. The van der Waals surface area contributed by atoms with Crippen LogP contribution >= 0.6 is 15.9 Å². The van der Waals surface area contributed by atoms with Gasteiger partial charge in [-0.3, -0.25) is 9.48 Å². The van der Waals surface area contributed by atoms with Crippen LogP contribution in [0.15, 0.2) is 4.47 Å². The molecule has 1 heterocycles. The van der Waals surface area contributed by atoms with E-state index in [9.17, 15) is 4.79 Å². The van der Waals surface area contributed by atoms with Gasteiger partial charge in [-0.1, -0.05) is 13.8 Å². The molecule has 0 saturated heterocycles. The number of nitrogens with zero attached hydrogens (tertiary/aromatic N) is 2. The Labute approximate surface area is 117 Å². The molecule has 0 bridgehead atoms. The van der Waals surface area contributed by atoms with E-state index in [0.717, 1.165) is 28.8 Å². The minimum absolute atomic E-state index is 0.268. The van der Waals surface area contributed by atoms with Crippen LogP contribution in [0.4, 0.5) is 0 Å². The minimum Gasteiger partial charge on any atom is -0.315 e. The van der Waals surface area contributed by atoms with Crippen LogP contribution in [0.2, 0.25) is 0 Å². The summed E-state index contributed by atoms with van der Waals surface area (Å²) >= 11 is 3.48. The van der Waals surface area contributed by atoms with Gasteiger partial charge in [0.05, 0.1) is 15.9 Å². The lowest BCUT2D eigenvalue weighted by Gasteiger charge is -2.07. The molecule has 1 aromatic rings. The number of nitrogens with one attached hydrogen (secondary N) is 1. The molecule has 0 fully saturated rings. The number of aryl methyl sites for hydroxylation is 2. The highest BCUT2D eigenvalue weighted by atomic mass is 79.9. The van der Waals surface area contributed by atoms with Crippen LogP contribution in [-0.2, 0) is 18.3 Å². The Morgan fingerprint density at radius 1 is 1.50 bits per heavy atom. The highest BCUT2D eigenvalue weighted by molar-refractivity contribution is 9.10. The first kappa shape index (κ1) is 15.4. The Balaban J connectivity index is 2.40. The van der Waals surface area contributed by atoms with E-state index in [0.29, 0.717) is 18.9 Å². The summed E-state index contributed by atoms with van der Waals surface area (Å²) in [4.78, 5) is 11.9. The summed E-state index contributed by atoms with van der Waals surface area (Å²) in [6, 6.07) is 0.481. The third kappa shape index (κ3) is 4.53. The second-order valence-corrected chi connectivity index (χ2v) is 5.69. The minimum atomic E-state index is 0.268. The van der Waals surface area contributed by atoms with Crippen molar-refractivity contribution >= 4 is 21.7 Å². The van der Waals surface area contributed by atoms with Crippen LogP contribution in [0.5, 0.6) is 0 Å². The zero-order valence-electron chi connectivity index (χ0n) is 11.6. The van der Waals surface area contributed by atoms with Crippen LogP contribution < -0.4 is 5.32 Å². The quantitative estimate of drug-likeness (QED) is 0.786. The molecule has 1 aromatic heterocycles. The lowest BCUT2D eigenvalue weighted by molar-refractivity contribution is -0.118. The number of ketones is 1. The van der Waals surface area contributed by atoms with Gasteiger partial charge in [0.15, 0.2) is 0 Å². The zero-order chi connectivity index (χ0) is 13.7. The van der Waals surface area contributed by atoms with Crippen LogP contribution in [0, 0.1) is 6.92 Å². The Hall–Kier alpha value is -0.680. The highest BCUT2D eigenvalue weighted by Gasteiger charge is 2.14. The van der Waals surface area contributed by atoms with Gasteiger partial charge in [0.25, 0.3) is 0 Å². The first-order valence-corrected chi connectivity index (χ1v) is 7.14. The molecule has 0 aliphatic rings. The van der Waals surface area contributed by atoms with Gasteiger partial charge in [-0.25, -0.2) is 0 Å². The van der Waals surface area contributed by atoms with Crippen LogP contribution in [-0.4, -0.2) is 28.2 Å². The normalized spacial score (nSPS) is 11.2. The molecule has 1 N–H and O–H groups in total. The van der Waals surface area contributed by atoms with E-state index in [1.165, 1.54) is 0 Å². The van der Waals surface area contributed by atoms with Gasteiger partial charge >= 0.3 is 0 Å². The molecule has 1 rings (SSSR count). The van der Waals surface area contributed by atoms with Gasteiger partial charge in [0.1, 0.15) is 5.78 Å². The molecule has 0 aliphatic carbocycles. The largest absolute Gasteiger partial charge is 0.315 e.